The molecule has 0 fully saturated rings. The van der Waals surface area contributed by atoms with Gasteiger partial charge in [0, 0.05) is 11.8 Å². The van der Waals surface area contributed by atoms with Gasteiger partial charge in [0.05, 0.1) is 14.2 Å². The Hall–Kier alpha value is -0.870. The maximum absolute atomic E-state index is 5.41. The highest BCUT2D eigenvalue weighted by Gasteiger charge is 2.14. The number of hydrogen-bond acceptors (Lipinski definition) is 4. The Balaban J connectivity index is 2.75. The van der Waals surface area contributed by atoms with Crippen LogP contribution in [0.3, 0.4) is 0 Å². The van der Waals surface area contributed by atoms with Gasteiger partial charge in [0.15, 0.2) is 11.5 Å². The highest BCUT2D eigenvalue weighted by Crippen LogP contribution is 2.31. The van der Waals surface area contributed by atoms with Crippen LogP contribution < -0.4 is 14.8 Å². The third kappa shape index (κ3) is 5.79. The van der Waals surface area contributed by atoms with Gasteiger partial charge in [-0.3, -0.25) is 0 Å². The number of hydrogen-bond donors (Lipinski definition) is 1. The fraction of sp³-hybridized carbons (Fsp3) is 0.647. The summed E-state index contributed by atoms with van der Waals surface area (Å²) in [6.45, 7) is 7.67. The summed E-state index contributed by atoms with van der Waals surface area (Å²) in [7, 11) is 3.35. The van der Waals surface area contributed by atoms with Crippen LogP contribution in [0.5, 0.6) is 11.5 Å². The van der Waals surface area contributed by atoms with Crippen molar-refractivity contribution in [1.29, 1.82) is 0 Å². The number of methoxy groups -OCH3 is 2. The molecular weight excluding hydrogens is 282 g/mol. The van der Waals surface area contributed by atoms with E-state index in [0.717, 1.165) is 29.7 Å². The van der Waals surface area contributed by atoms with Crippen molar-refractivity contribution in [3.05, 3.63) is 23.8 Å². The third-order valence-corrected chi connectivity index (χ3v) is 5.02. The van der Waals surface area contributed by atoms with Crippen molar-refractivity contribution in [3.63, 3.8) is 0 Å². The lowest BCUT2D eigenvalue weighted by Crippen LogP contribution is -2.23. The standard InChI is InChI=1S/C17H29NO2S/c1-6-13(3)11-21-12-15(18-7-2)14-8-9-16(19-4)17(10-14)20-5/h8-10,13,15,18H,6-7,11-12H2,1-5H3. The molecule has 0 aliphatic carbocycles. The Morgan fingerprint density at radius 1 is 1.10 bits per heavy atom. The van der Waals surface area contributed by atoms with Crippen LogP contribution in [-0.2, 0) is 0 Å². The summed E-state index contributed by atoms with van der Waals surface area (Å²) < 4.78 is 10.7. The lowest BCUT2D eigenvalue weighted by atomic mass is 10.1. The van der Waals surface area contributed by atoms with Gasteiger partial charge in [0.1, 0.15) is 0 Å². The molecule has 1 aromatic carbocycles. The molecule has 1 N–H and O–H groups in total. The van der Waals surface area contributed by atoms with Crippen molar-refractivity contribution < 1.29 is 9.47 Å². The van der Waals surface area contributed by atoms with Crippen LogP contribution in [0.2, 0.25) is 0 Å². The lowest BCUT2D eigenvalue weighted by molar-refractivity contribution is 0.354. The van der Waals surface area contributed by atoms with Crippen molar-refractivity contribution in [2.45, 2.75) is 33.2 Å². The van der Waals surface area contributed by atoms with E-state index < -0.39 is 0 Å². The molecule has 0 saturated heterocycles. The molecule has 0 amide bonds. The van der Waals surface area contributed by atoms with Crippen molar-refractivity contribution in [2.24, 2.45) is 5.92 Å². The summed E-state index contributed by atoms with van der Waals surface area (Å²) in [5.74, 6) is 4.65. The Labute approximate surface area is 133 Å². The summed E-state index contributed by atoms with van der Waals surface area (Å²) in [5.41, 5.74) is 1.26. The van der Waals surface area contributed by atoms with E-state index in [0.29, 0.717) is 6.04 Å². The zero-order valence-corrected chi connectivity index (χ0v) is 14.8. The second-order valence-electron chi connectivity index (χ2n) is 5.28. The minimum Gasteiger partial charge on any atom is -0.493 e. The molecule has 0 aliphatic heterocycles. The van der Waals surface area contributed by atoms with E-state index in [2.05, 4.69) is 38.2 Å². The fourth-order valence-electron chi connectivity index (χ4n) is 2.09. The van der Waals surface area contributed by atoms with Gasteiger partial charge >= 0.3 is 0 Å². The number of benzene rings is 1. The van der Waals surface area contributed by atoms with E-state index in [9.17, 15) is 0 Å². The van der Waals surface area contributed by atoms with Gasteiger partial charge in [-0.15, -0.1) is 0 Å². The van der Waals surface area contributed by atoms with Gasteiger partial charge in [-0.05, 0) is 35.9 Å². The number of ether oxygens (including phenoxy) is 2. The van der Waals surface area contributed by atoms with Crippen molar-refractivity contribution in [3.8, 4) is 11.5 Å². The second kappa shape index (κ2) is 9.96. The summed E-state index contributed by atoms with van der Waals surface area (Å²) in [6.07, 6.45) is 1.25. The molecule has 0 aliphatic rings. The predicted octanol–water partition coefficient (Wildman–Crippen LogP) is 4.13. The molecule has 1 aromatic rings. The minimum atomic E-state index is 0.351. The molecule has 120 valence electrons. The fourth-order valence-corrected chi connectivity index (χ4v) is 3.41. The topological polar surface area (TPSA) is 30.5 Å². The Bertz CT molecular complexity index is 412. The molecule has 0 saturated carbocycles. The molecule has 0 radical (unpaired) electrons. The molecule has 4 heteroatoms. The van der Waals surface area contributed by atoms with Crippen LogP contribution in [0.25, 0.3) is 0 Å². The maximum Gasteiger partial charge on any atom is 0.161 e. The lowest BCUT2D eigenvalue weighted by Gasteiger charge is -2.20. The summed E-state index contributed by atoms with van der Waals surface area (Å²) in [4.78, 5) is 0. The third-order valence-electron chi connectivity index (χ3n) is 3.64. The summed E-state index contributed by atoms with van der Waals surface area (Å²) in [6, 6.07) is 6.54. The highest BCUT2D eigenvalue weighted by atomic mass is 32.2. The zero-order chi connectivity index (χ0) is 15.7. The number of rotatable bonds is 10. The second-order valence-corrected chi connectivity index (χ2v) is 6.35. The quantitative estimate of drug-likeness (QED) is 0.703. The Morgan fingerprint density at radius 2 is 1.81 bits per heavy atom. The molecule has 3 nitrogen and oxygen atoms in total. The van der Waals surface area contributed by atoms with Gasteiger partial charge < -0.3 is 14.8 Å². The number of thioether (sulfide) groups is 1. The highest BCUT2D eigenvalue weighted by molar-refractivity contribution is 7.99. The van der Waals surface area contributed by atoms with E-state index in [1.807, 2.05) is 17.8 Å². The van der Waals surface area contributed by atoms with Crippen LogP contribution in [0.1, 0.15) is 38.8 Å². The van der Waals surface area contributed by atoms with Crippen LogP contribution in [0.4, 0.5) is 0 Å². The van der Waals surface area contributed by atoms with Crippen molar-refractivity contribution in [2.75, 3.05) is 32.3 Å². The average Bonchev–Trinajstić information content (AvgIpc) is 2.53. The van der Waals surface area contributed by atoms with E-state index in [-0.39, 0.29) is 0 Å². The maximum atomic E-state index is 5.41. The van der Waals surface area contributed by atoms with E-state index in [1.54, 1.807) is 14.2 Å². The van der Waals surface area contributed by atoms with Crippen LogP contribution >= 0.6 is 11.8 Å². The monoisotopic (exact) mass is 311 g/mol. The van der Waals surface area contributed by atoms with Crippen molar-refractivity contribution in [1.82, 2.24) is 5.32 Å². The molecule has 0 spiro atoms. The van der Waals surface area contributed by atoms with Gasteiger partial charge in [0.2, 0.25) is 0 Å². The molecule has 2 unspecified atom stereocenters. The summed E-state index contributed by atoms with van der Waals surface area (Å²) >= 11 is 2.02. The van der Waals surface area contributed by atoms with Crippen LogP contribution in [0.15, 0.2) is 18.2 Å². The molecule has 0 bridgehead atoms. The molecule has 1 rings (SSSR count). The van der Waals surface area contributed by atoms with E-state index in [1.165, 1.54) is 17.7 Å². The SMILES string of the molecule is CCNC(CSCC(C)CC)c1ccc(OC)c(OC)c1. The molecule has 21 heavy (non-hydrogen) atoms. The first kappa shape index (κ1) is 18.2. The van der Waals surface area contributed by atoms with Crippen molar-refractivity contribution >= 4 is 11.8 Å². The van der Waals surface area contributed by atoms with Crippen LogP contribution in [0, 0.1) is 5.92 Å². The van der Waals surface area contributed by atoms with Gasteiger partial charge in [-0.25, -0.2) is 0 Å². The smallest absolute Gasteiger partial charge is 0.161 e. The van der Waals surface area contributed by atoms with Gasteiger partial charge in [-0.1, -0.05) is 33.3 Å². The molecule has 2 atom stereocenters. The zero-order valence-electron chi connectivity index (χ0n) is 13.9. The molecule has 0 heterocycles. The Kier molecular flexibility index (Phi) is 8.62. The first-order chi connectivity index (χ1) is 10.2. The summed E-state index contributed by atoms with van der Waals surface area (Å²) in [5, 5.41) is 3.56. The van der Waals surface area contributed by atoms with Gasteiger partial charge in [-0.2, -0.15) is 11.8 Å². The number of nitrogens with one attached hydrogen (secondary N) is 1. The van der Waals surface area contributed by atoms with Gasteiger partial charge in [0.25, 0.3) is 0 Å². The first-order valence-electron chi connectivity index (χ1n) is 7.69. The Morgan fingerprint density at radius 3 is 2.38 bits per heavy atom. The predicted molar refractivity (Wildman–Crippen MR) is 92.7 cm³/mol. The first-order valence-corrected chi connectivity index (χ1v) is 8.84. The molecule has 0 aromatic heterocycles. The normalized spacial score (nSPS) is 13.8. The van der Waals surface area contributed by atoms with Crippen LogP contribution in [-0.4, -0.2) is 32.3 Å². The average molecular weight is 311 g/mol. The van der Waals surface area contributed by atoms with E-state index in [4.69, 9.17) is 9.47 Å². The minimum absolute atomic E-state index is 0.351. The van der Waals surface area contributed by atoms with E-state index >= 15 is 0 Å². The largest absolute Gasteiger partial charge is 0.493 e. The molecular formula is C17H29NO2S.